The molecule has 13 heteroatoms. The van der Waals surface area contributed by atoms with Crippen LogP contribution >= 0.6 is 0 Å². The zero-order chi connectivity index (χ0) is 36.4. The monoisotopic (exact) mass is 695 g/mol. The summed E-state index contributed by atoms with van der Waals surface area (Å²) in [6.45, 7) is 13.0. The number of benzene rings is 2. The summed E-state index contributed by atoms with van der Waals surface area (Å²) in [5, 5.41) is 24.8. The Bertz CT molecular complexity index is 2200. The number of aromatic nitrogens is 6. The van der Waals surface area contributed by atoms with Gasteiger partial charge in [-0.1, -0.05) is 17.3 Å². The van der Waals surface area contributed by atoms with Crippen LogP contribution in [0.2, 0.25) is 0 Å². The number of amides is 1. The molecule has 51 heavy (non-hydrogen) atoms. The SMILES string of the molecule is Cc1cc2c(nc(O[C@@H](C)[C@@H]3CCCN3C)c3nnn([C@H]4CCN(C(=O)OC(C)(C)C)[C@@H](C)C4)c32)c(F)c1-c1cccc2c1c(CC#N)nn2C. The third-order valence-corrected chi connectivity index (χ3v) is 10.5. The van der Waals surface area contributed by atoms with Gasteiger partial charge in [0.05, 0.1) is 29.7 Å². The summed E-state index contributed by atoms with van der Waals surface area (Å²) in [5.41, 5.74) is 3.88. The molecule has 0 spiro atoms. The summed E-state index contributed by atoms with van der Waals surface area (Å²) in [5.74, 6) is -0.239. The Balaban J connectivity index is 1.39. The molecule has 2 fully saturated rings. The van der Waals surface area contributed by atoms with E-state index in [9.17, 15) is 10.1 Å². The van der Waals surface area contributed by atoms with Gasteiger partial charge in [0.25, 0.3) is 0 Å². The van der Waals surface area contributed by atoms with Gasteiger partial charge in [0.15, 0.2) is 11.3 Å². The van der Waals surface area contributed by atoms with Gasteiger partial charge in [-0.2, -0.15) is 10.4 Å². The number of hydrogen-bond donors (Lipinski definition) is 0. The lowest BCUT2D eigenvalue weighted by Crippen LogP contribution is -2.47. The van der Waals surface area contributed by atoms with E-state index in [4.69, 9.17) is 14.5 Å². The van der Waals surface area contributed by atoms with Crippen molar-refractivity contribution in [1.29, 1.82) is 5.26 Å². The van der Waals surface area contributed by atoms with Gasteiger partial charge in [-0.3, -0.25) is 9.58 Å². The van der Waals surface area contributed by atoms with Crippen molar-refractivity contribution in [1.82, 2.24) is 39.6 Å². The number of rotatable bonds is 6. The molecular weight excluding hydrogens is 649 g/mol. The van der Waals surface area contributed by atoms with E-state index in [2.05, 4.69) is 33.4 Å². The van der Waals surface area contributed by atoms with Gasteiger partial charge in [-0.15, -0.1) is 5.10 Å². The van der Waals surface area contributed by atoms with Crippen molar-refractivity contribution in [3.8, 4) is 23.1 Å². The van der Waals surface area contributed by atoms with E-state index in [-0.39, 0.29) is 48.1 Å². The Kier molecular flexibility index (Phi) is 8.86. The molecule has 0 aliphatic carbocycles. The van der Waals surface area contributed by atoms with Gasteiger partial charge in [0.1, 0.15) is 22.7 Å². The predicted molar refractivity (Wildman–Crippen MR) is 193 cm³/mol. The van der Waals surface area contributed by atoms with Crippen molar-refractivity contribution in [2.75, 3.05) is 20.1 Å². The lowest BCUT2D eigenvalue weighted by atomic mass is 9.93. The van der Waals surface area contributed by atoms with E-state index in [1.165, 1.54) is 0 Å². The number of piperidine rings is 1. The van der Waals surface area contributed by atoms with Gasteiger partial charge in [-0.25, -0.2) is 18.9 Å². The summed E-state index contributed by atoms with van der Waals surface area (Å²) in [6.07, 6.45) is 2.85. The molecule has 0 bridgehead atoms. The fraction of sp³-hybridized carbons (Fsp3) is 0.526. The summed E-state index contributed by atoms with van der Waals surface area (Å²) >= 11 is 0. The Morgan fingerprint density at radius 1 is 1.18 bits per heavy atom. The van der Waals surface area contributed by atoms with E-state index >= 15 is 4.39 Å². The molecule has 5 aromatic rings. The number of hydrogen-bond acceptors (Lipinski definition) is 9. The number of nitrogens with zero attached hydrogens (tertiary/aromatic N) is 9. The first-order valence-electron chi connectivity index (χ1n) is 17.8. The van der Waals surface area contributed by atoms with Crippen molar-refractivity contribution in [2.45, 2.75) is 103 Å². The summed E-state index contributed by atoms with van der Waals surface area (Å²) in [6, 6.07) is 9.81. The van der Waals surface area contributed by atoms with Crippen LogP contribution in [-0.2, 0) is 18.2 Å². The Morgan fingerprint density at radius 3 is 2.65 bits per heavy atom. The van der Waals surface area contributed by atoms with Crippen molar-refractivity contribution < 1.29 is 18.7 Å². The van der Waals surface area contributed by atoms with Crippen molar-refractivity contribution >= 4 is 38.9 Å². The minimum atomic E-state index is -0.594. The molecule has 7 rings (SSSR count). The average molecular weight is 696 g/mol. The maximum absolute atomic E-state index is 17.4. The number of ether oxygens (including phenoxy) is 2. The van der Waals surface area contributed by atoms with Gasteiger partial charge >= 0.3 is 6.09 Å². The summed E-state index contributed by atoms with van der Waals surface area (Å²) in [7, 11) is 3.92. The Labute approximate surface area is 297 Å². The van der Waals surface area contributed by atoms with Gasteiger partial charge in [0.2, 0.25) is 5.88 Å². The van der Waals surface area contributed by atoms with Crippen LogP contribution < -0.4 is 4.74 Å². The number of fused-ring (bicyclic) bond motifs is 4. The number of halogens is 1. The molecule has 0 N–H and O–H groups in total. The van der Waals surface area contributed by atoms with E-state index in [1.54, 1.807) is 9.58 Å². The Hall–Kier alpha value is -4.83. The topological polar surface area (TPSA) is 127 Å². The highest BCUT2D eigenvalue weighted by molar-refractivity contribution is 6.08. The molecule has 0 saturated carbocycles. The first-order chi connectivity index (χ1) is 24.3. The normalized spacial score (nSPS) is 20.7. The molecule has 2 aliphatic rings. The number of nitriles is 1. The zero-order valence-corrected chi connectivity index (χ0v) is 30.7. The fourth-order valence-electron chi connectivity index (χ4n) is 8.12. The average Bonchev–Trinajstić information content (AvgIpc) is 3.79. The smallest absolute Gasteiger partial charge is 0.410 e. The number of likely N-dealkylation sites (N-methyl/N-ethyl adjacent to an activating group) is 1. The molecule has 2 aliphatic heterocycles. The van der Waals surface area contributed by atoms with E-state index in [0.717, 1.165) is 30.3 Å². The summed E-state index contributed by atoms with van der Waals surface area (Å²) < 4.78 is 33.3. The highest BCUT2D eigenvalue weighted by Crippen LogP contribution is 2.42. The van der Waals surface area contributed by atoms with Gasteiger partial charge in [-0.05, 0) is 104 Å². The third kappa shape index (κ3) is 6.13. The molecule has 5 heterocycles. The Morgan fingerprint density at radius 2 is 1.96 bits per heavy atom. The first-order valence-corrected chi connectivity index (χ1v) is 17.8. The maximum Gasteiger partial charge on any atom is 0.410 e. The minimum absolute atomic E-state index is 0.100. The van der Waals surface area contributed by atoms with Crippen molar-refractivity contribution in [3.63, 3.8) is 0 Å². The number of pyridine rings is 1. The second-order valence-electron chi connectivity index (χ2n) is 15.2. The summed E-state index contributed by atoms with van der Waals surface area (Å²) in [4.78, 5) is 22.0. The van der Waals surface area contributed by atoms with E-state index in [1.807, 2.05) is 77.5 Å². The number of likely N-dealkylation sites (tertiary alicyclic amines) is 2. The highest BCUT2D eigenvalue weighted by atomic mass is 19.1. The van der Waals surface area contributed by atoms with Gasteiger partial charge in [0, 0.05) is 42.0 Å². The molecular formula is C38H46FN9O3. The maximum atomic E-state index is 17.4. The molecule has 2 aromatic carbocycles. The predicted octanol–water partition coefficient (Wildman–Crippen LogP) is 6.87. The second kappa shape index (κ2) is 13.1. The van der Waals surface area contributed by atoms with Crippen LogP contribution in [-0.4, -0.2) is 89.6 Å². The number of carbonyl (C=O) groups excluding carboxylic acids is 1. The van der Waals surface area contributed by atoms with Crippen LogP contribution in [0.1, 0.15) is 77.6 Å². The zero-order valence-electron chi connectivity index (χ0n) is 30.7. The van der Waals surface area contributed by atoms with Crippen LogP contribution in [0.15, 0.2) is 24.3 Å². The minimum Gasteiger partial charge on any atom is -0.471 e. The third-order valence-electron chi connectivity index (χ3n) is 10.5. The number of aryl methyl sites for hydroxylation is 2. The van der Waals surface area contributed by atoms with Crippen LogP contribution in [0.25, 0.3) is 44.0 Å². The van der Waals surface area contributed by atoms with Crippen molar-refractivity contribution in [2.24, 2.45) is 7.05 Å². The van der Waals surface area contributed by atoms with E-state index in [0.29, 0.717) is 58.2 Å². The van der Waals surface area contributed by atoms with Crippen molar-refractivity contribution in [3.05, 3.63) is 41.3 Å². The number of carbonyl (C=O) groups is 1. The standard InChI is InChI=1S/C38H46FN9O3/c1-21-19-26-33(32(39)30(21)25-11-9-12-29-31(25)27(14-16-40)43-46(29)8)41-36(50-23(3)28-13-10-17-45(28)7)34-35(26)48(44-42-34)24-15-18-47(22(2)20-24)37(49)51-38(4,5)6/h9,11-12,19,22-24,28H,10,13-15,17-18,20H2,1-8H3/t22-,23-,24-,28-/m0/s1. The second-order valence-corrected chi connectivity index (χ2v) is 15.2. The quantitative estimate of drug-likeness (QED) is 0.187. The highest BCUT2D eigenvalue weighted by Gasteiger charge is 2.35. The molecule has 3 aromatic heterocycles. The molecule has 12 nitrogen and oxygen atoms in total. The van der Waals surface area contributed by atoms with Crippen LogP contribution in [0, 0.1) is 24.1 Å². The molecule has 268 valence electrons. The van der Waals surface area contributed by atoms with E-state index < -0.39 is 11.4 Å². The fourth-order valence-corrected chi connectivity index (χ4v) is 8.12. The molecule has 2 saturated heterocycles. The largest absolute Gasteiger partial charge is 0.471 e. The first kappa shape index (κ1) is 34.6. The molecule has 0 radical (unpaired) electrons. The lowest BCUT2D eigenvalue weighted by Gasteiger charge is -2.38. The lowest BCUT2D eigenvalue weighted by molar-refractivity contribution is 0.00744. The van der Waals surface area contributed by atoms with Crippen LogP contribution in [0.3, 0.4) is 0 Å². The van der Waals surface area contributed by atoms with Gasteiger partial charge < -0.3 is 14.4 Å². The molecule has 0 unspecified atom stereocenters. The molecule has 4 atom stereocenters. The van der Waals surface area contributed by atoms with Crippen LogP contribution in [0.4, 0.5) is 9.18 Å². The molecule has 1 amide bonds. The van der Waals surface area contributed by atoms with Crippen LogP contribution in [0.5, 0.6) is 5.88 Å².